The number of nitrogens with zero attached hydrogens (tertiary/aromatic N) is 2. The summed E-state index contributed by atoms with van der Waals surface area (Å²) < 4.78 is 4.53. The van der Waals surface area contributed by atoms with Crippen molar-refractivity contribution in [3.8, 4) is 0 Å². The molecule has 0 spiro atoms. The van der Waals surface area contributed by atoms with E-state index in [1.54, 1.807) is 6.07 Å². The summed E-state index contributed by atoms with van der Waals surface area (Å²) in [6, 6.07) is 1.43. The second kappa shape index (κ2) is 5.64. The standard InChI is InChI=1S/C12H15N3O4/c1-19-12(18)10-13-6-5-9(15-10)14-8-4-2-3-7(8)11(16)17/h5-8H,2-4H2,1H3,(H,16,17)(H,13,14,15). The smallest absolute Gasteiger partial charge is 0.376 e. The van der Waals surface area contributed by atoms with Gasteiger partial charge < -0.3 is 15.2 Å². The molecular weight excluding hydrogens is 250 g/mol. The number of ether oxygens (including phenoxy) is 1. The zero-order valence-corrected chi connectivity index (χ0v) is 10.5. The monoisotopic (exact) mass is 265 g/mol. The Kier molecular flexibility index (Phi) is 3.94. The van der Waals surface area contributed by atoms with Crippen molar-refractivity contribution >= 4 is 17.8 Å². The molecule has 0 saturated heterocycles. The van der Waals surface area contributed by atoms with Crippen molar-refractivity contribution < 1.29 is 19.4 Å². The fourth-order valence-electron chi connectivity index (χ4n) is 2.25. The van der Waals surface area contributed by atoms with Crippen LogP contribution in [0.15, 0.2) is 12.3 Å². The Morgan fingerprint density at radius 2 is 2.26 bits per heavy atom. The van der Waals surface area contributed by atoms with E-state index in [0.717, 1.165) is 12.8 Å². The molecule has 102 valence electrons. The van der Waals surface area contributed by atoms with Gasteiger partial charge in [0.15, 0.2) is 0 Å². The number of carboxylic acids is 1. The second-order valence-corrected chi connectivity index (χ2v) is 4.38. The molecule has 2 rings (SSSR count). The van der Waals surface area contributed by atoms with Gasteiger partial charge in [-0.05, 0) is 18.9 Å². The number of hydrogen-bond donors (Lipinski definition) is 2. The van der Waals surface area contributed by atoms with Crippen LogP contribution in [0.4, 0.5) is 5.82 Å². The third-order valence-electron chi connectivity index (χ3n) is 3.19. The number of aromatic nitrogens is 2. The fourth-order valence-corrected chi connectivity index (χ4v) is 2.25. The van der Waals surface area contributed by atoms with E-state index in [4.69, 9.17) is 5.11 Å². The summed E-state index contributed by atoms with van der Waals surface area (Å²) in [5.74, 6) is -1.45. The number of carbonyl (C=O) groups is 2. The summed E-state index contributed by atoms with van der Waals surface area (Å²) in [7, 11) is 1.25. The molecule has 0 aromatic carbocycles. The van der Waals surface area contributed by atoms with Crippen molar-refractivity contribution in [2.24, 2.45) is 5.92 Å². The van der Waals surface area contributed by atoms with Crippen molar-refractivity contribution in [2.75, 3.05) is 12.4 Å². The fraction of sp³-hybridized carbons (Fsp3) is 0.500. The molecule has 7 heteroatoms. The predicted octanol–water partition coefficient (Wildman–Crippen LogP) is 0.928. The highest BCUT2D eigenvalue weighted by molar-refractivity contribution is 5.85. The number of nitrogens with one attached hydrogen (secondary N) is 1. The molecule has 0 radical (unpaired) electrons. The highest BCUT2D eigenvalue weighted by Gasteiger charge is 2.33. The van der Waals surface area contributed by atoms with Gasteiger partial charge in [0.05, 0.1) is 13.0 Å². The third-order valence-corrected chi connectivity index (χ3v) is 3.19. The van der Waals surface area contributed by atoms with E-state index in [2.05, 4.69) is 20.0 Å². The third kappa shape index (κ3) is 2.98. The zero-order valence-electron chi connectivity index (χ0n) is 10.5. The Hall–Kier alpha value is -2.18. The Balaban J connectivity index is 2.10. The lowest BCUT2D eigenvalue weighted by Gasteiger charge is -2.18. The Morgan fingerprint density at radius 3 is 2.95 bits per heavy atom. The van der Waals surface area contributed by atoms with E-state index >= 15 is 0 Å². The molecule has 1 aliphatic carbocycles. The normalized spacial score (nSPS) is 21.9. The summed E-state index contributed by atoms with van der Waals surface area (Å²) in [6.07, 6.45) is 3.73. The minimum absolute atomic E-state index is 0.0441. The number of rotatable bonds is 4. The lowest BCUT2D eigenvalue weighted by Crippen LogP contribution is -2.30. The SMILES string of the molecule is COC(=O)c1nccc(NC2CCCC2C(=O)O)n1. The predicted molar refractivity (Wildman–Crippen MR) is 65.8 cm³/mol. The number of anilines is 1. The molecule has 0 aliphatic heterocycles. The second-order valence-electron chi connectivity index (χ2n) is 4.38. The summed E-state index contributed by atoms with van der Waals surface area (Å²) in [5.41, 5.74) is 0. The maximum absolute atomic E-state index is 11.3. The van der Waals surface area contributed by atoms with Gasteiger partial charge in [0.1, 0.15) is 5.82 Å². The van der Waals surface area contributed by atoms with Crippen LogP contribution < -0.4 is 5.32 Å². The van der Waals surface area contributed by atoms with Crippen molar-refractivity contribution in [3.05, 3.63) is 18.1 Å². The molecule has 1 aromatic rings. The average molecular weight is 265 g/mol. The van der Waals surface area contributed by atoms with Gasteiger partial charge in [-0.3, -0.25) is 4.79 Å². The van der Waals surface area contributed by atoms with Gasteiger partial charge in [-0.2, -0.15) is 0 Å². The summed E-state index contributed by atoms with van der Waals surface area (Å²) in [5, 5.41) is 12.1. The molecule has 0 bridgehead atoms. The summed E-state index contributed by atoms with van der Waals surface area (Å²) in [4.78, 5) is 30.2. The first-order chi connectivity index (χ1) is 9.11. The first kappa shape index (κ1) is 13.3. The van der Waals surface area contributed by atoms with Crippen molar-refractivity contribution in [2.45, 2.75) is 25.3 Å². The van der Waals surface area contributed by atoms with E-state index in [1.165, 1.54) is 13.3 Å². The summed E-state index contributed by atoms with van der Waals surface area (Å²) in [6.45, 7) is 0. The molecule has 1 fully saturated rings. The molecule has 2 atom stereocenters. The maximum Gasteiger partial charge on any atom is 0.376 e. The number of methoxy groups -OCH3 is 1. The van der Waals surface area contributed by atoms with Crippen LogP contribution in [0.3, 0.4) is 0 Å². The van der Waals surface area contributed by atoms with Crippen molar-refractivity contribution in [3.63, 3.8) is 0 Å². The van der Waals surface area contributed by atoms with E-state index in [9.17, 15) is 9.59 Å². The Labute approximate surface area is 110 Å². The van der Waals surface area contributed by atoms with Crippen LogP contribution in [0.25, 0.3) is 0 Å². The summed E-state index contributed by atoms with van der Waals surface area (Å²) >= 11 is 0. The first-order valence-corrected chi connectivity index (χ1v) is 6.02. The van der Waals surface area contributed by atoms with Gasteiger partial charge >= 0.3 is 11.9 Å². The van der Waals surface area contributed by atoms with Gasteiger partial charge in [-0.15, -0.1) is 0 Å². The average Bonchev–Trinajstić information content (AvgIpc) is 2.86. The first-order valence-electron chi connectivity index (χ1n) is 6.02. The van der Waals surface area contributed by atoms with Crippen LogP contribution in [0.1, 0.15) is 29.9 Å². The van der Waals surface area contributed by atoms with Crippen LogP contribution >= 0.6 is 0 Å². The molecular formula is C12H15N3O4. The van der Waals surface area contributed by atoms with Gasteiger partial charge in [-0.25, -0.2) is 14.8 Å². The highest BCUT2D eigenvalue weighted by Crippen LogP contribution is 2.28. The van der Waals surface area contributed by atoms with Gasteiger partial charge in [0, 0.05) is 12.2 Å². The molecule has 2 N–H and O–H groups in total. The van der Waals surface area contributed by atoms with E-state index in [0.29, 0.717) is 12.2 Å². The van der Waals surface area contributed by atoms with E-state index < -0.39 is 17.9 Å². The minimum atomic E-state index is -0.808. The van der Waals surface area contributed by atoms with E-state index in [1.807, 2.05) is 0 Å². The number of carbonyl (C=O) groups excluding carboxylic acids is 1. The molecule has 0 amide bonds. The Morgan fingerprint density at radius 1 is 1.47 bits per heavy atom. The van der Waals surface area contributed by atoms with Crippen molar-refractivity contribution in [1.82, 2.24) is 9.97 Å². The van der Waals surface area contributed by atoms with Crippen LogP contribution in [0.2, 0.25) is 0 Å². The van der Waals surface area contributed by atoms with Crippen LogP contribution in [0.5, 0.6) is 0 Å². The van der Waals surface area contributed by atoms with E-state index in [-0.39, 0.29) is 11.9 Å². The molecule has 1 aromatic heterocycles. The quantitative estimate of drug-likeness (QED) is 0.781. The number of esters is 1. The molecule has 7 nitrogen and oxygen atoms in total. The lowest BCUT2D eigenvalue weighted by molar-refractivity contribution is -0.141. The van der Waals surface area contributed by atoms with Gasteiger partial charge in [0.25, 0.3) is 0 Å². The zero-order chi connectivity index (χ0) is 13.8. The molecule has 1 heterocycles. The van der Waals surface area contributed by atoms with Crippen LogP contribution in [0, 0.1) is 5.92 Å². The number of aliphatic carboxylic acids is 1. The van der Waals surface area contributed by atoms with Crippen LogP contribution in [-0.4, -0.2) is 40.2 Å². The topological polar surface area (TPSA) is 101 Å². The largest absolute Gasteiger partial charge is 0.481 e. The maximum atomic E-state index is 11.3. The molecule has 1 saturated carbocycles. The minimum Gasteiger partial charge on any atom is -0.481 e. The number of hydrogen-bond acceptors (Lipinski definition) is 6. The lowest BCUT2D eigenvalue weighted by atomic mass is 10.0. The Bertz CT molecular complexity index is 492. The highest BCUT2D eigenvalue weighted by atomic mass is 16.5. The molecule has 2 unspecified atom stereocenters. The van der Waals surface area contributed by atoms with Gasteiger partial charge in [-0.1, -0.05) is 6.42 Å². The number of carboxylic acid groups (broad SMARTS) is 1. The molecule has 19 heavy (non-hydrogen) atoms. The molecule has 1 aliphatic rings. The van der Waals surface area contributed by atoms with Gasteiger partial charge in [0.2, 0.25) is 5.82 Å². The van der Waals surface area contributed by atoms with Crippen molar-refractivity contribution in [1.29, 1.82) is 0 Å². The van der Waals surface area contributed by atoms with Crippen LogP contribution in [-0.2, 0) is 9.53 Å².